The van der Waals surface area contributed by atoms with E-state index in [0.717, 1.165) is 13.1 Å². The van der Waals surface area contributed by atoms with Crippen molar-refractivity contribution < 1.29 is 0 Å². The number of benzene rings is 1. The van der Waals surface area contributed by atoms with Gasteiger partial charge in [0, 0.05) is 24.7 Å². The fraction of sp³-hybridized carbons (Fsp3) is 0.647. The summed E-state index contributed by atoms with van der Waals surface area (Å²) in [7, 11) is 0. The Morgan fingerprint density at radius 1 is 1.26 bits per heavy atom. The van der Waals surface area contributed by atoms with Crippen LogP contribution >= 0.6 is 0 Å². The van der Waals surface area contributed by atoms with Crippen LogP contribution in [0.2, 0.25) is 0 Å². The molecule has 1 aromatic rings. The van der Waals surface area contributed by atoms with E-state index in [1.165, 1.54) is 12.0 Å². The largest absolute Gasteiger partial charge is 0.305 e. The molecule has 1 saturated heterocycles. The summed E-state index contributed by atoms with van der Waals surface area (Å²) in [5.41, 5.74) is 1.66. The Bertz CT molecular complexity index is 407. The minimum atomic E-state index is 0.0558. The van der Waals surface area contributed by atoms with Gasteiger partial charge in [-0.15, -0.1) is 0 Å². The van der Waals surface area contributed by atoms with Crippen molar-refractivity contribution in [1.29, 1.82) is 0 Å². The summed E-state index contributed by atoms with van der Waals surface area (Å²) in [6.45, 7) is 13.7. The molecule has 106 valence electrons. The highest BCUT2D eigenvalue weighted by Crippen LogP contribution is 2.31. The van der Waals surface area contributed by atoms with E-state index < -0.39 is 0 Å². The van der Waals surface area contributed by atoms with Gasteiger partial charge in [0.1, 0.15) is 0 Å². The Labute approximate surface area is 118 Å². The van der Waals surface area contributed by atoms with Gasteiger partial charge in [-0.1, -0.05) is 37.3 Å². The van der Waals surface area contributed by atoms with E-state index in [2.05, 4.69) is 75.2 Å². The Balaban J connectivity index is 2.27. The Kier molecular flexibility index (Phi) is 4.03. The average Bonchev–Trinajstić information content (AvgIpc) is 2.39. The van der Waals surface area contributed by atoms with Crippen molar-refractivity contribution in [2.45, 2.75) is 58.2 Å². The molecule has 1 heterocycles. The quantitative estimate of drug-likeness (QED) is 0.877. The van der Waals surface area contributed by atoms with Crippen molar-refractivity contribution in [3.05, 3.63) is 35.9 Å². The lowest BCUT2D eigenvalue weighted by molar-refractivity contribution is 0.0106. The summed E-state index contributed by atoms with van der Waals surface area (Å²) in [5, 5.41) is 3.77. The molecule has 0 radical (unpaired) electrons. The summed E-state index contributed by atoms with van der Waals surface area (Å²) in [6.07, 6.45) is 1.20. The summed E-state index contributed by atoms with van der Waals surface area (Å²) in [6, 6.07) is 11.5. The van der Waals surface area contributed by atoms with E-state index in [0.29, 0.717) is 6.04 Å². The van der Waals surface area contributed by atoms with Crippen LogP contribution in [0.1, 0.15) is 46.6 Å². The number of hydrogen-bond donors (Lipinski definition) is 1. The second kappa shape index (κ2) is 5.26. The molecule has 2 unspecified atom stereocenters. The molecule has 1 N–H and O–H groups in total. The van der Waals surface area contributed by atoms with Gasteiger partial charge in [0.25, 0.3) is 0 Å². The van der Waals surface area contributed by atoms with Crippen molar-refractivity contribution in [2.75, 3.05) is 13.1 Å². The fourth-order valence-corrected chi connectivity index (χ4v) is 3.13. The molecule has 0 bridgehead atoms. The van der Waals surface area contributed by atoms with E-state index in [1.54, 1.807) is 0 Å². The summed E-state index contributed by atoms with van der Waals surface area (Å²) in [4.78, 5) is 2.66. The van der Waals surface area contributed by atoms with Crippen LogP contribution in [0.4, 0.5) is 0 Å². The molecule has 2 heteroatoms. The molecule has 0 amide bonds. The topological polar surface area (TPSA) is 15.3 Å². The number of nitrogens with zero attached hydrogens (tertiary/aromatic N) is 1. The number of piperazine rings is 1. The van der Waals surface area contributed by atoms with E-state index in [4.69, 9.17) is 0 Å². The third-order valence-electron chi connectivity index (χ3n) is 4.40. The zero-order chi connectivity index (χ0) is 14.1. The zero-order valence-corrected chi connectivity index (χ0v) is 13.0. The zero-order valence-electron chi connectivity index (χ0n) is 13.0. The van der Waals surface area contributed by atoms with Crippen molar-refractivity contribution in [3.63, 3.8) is 0 Å². The van der Waals surface area contributed by atoms with Gasteiger partial charge in [-0.05, 0) is 39.7 Å². The smallest absolute Gasteiger partial charge is 0.0535 e. The van der Waals surface area contributed by atoms with Crippen LogP contribution in [-0.2, 0) is 5.54 Å². The van der Waals surface area contributed by atoms with Crippen LogP contribution in [-0.4, -0.2) is 29.6 Å². The molecular weight excluding hydrogens is 232 g/mol. The first-order chi connectivity index (χ1) is 8.87. The third-order valence-corrected chi connectivity index (χ3v) is 4.40. The molecular formula is C17H28N2. The molecule has 2 atom stereocenters. The normalized spacial score (nSPS) is 29.4. The molecule has 1 aromatic carbocycles. The Morgan fingerprint density at radius 2 is 1.89 bits per heavy atom. The van der Waals surface area contributed by atoms with Gasteiger partial charge in [0.2, 0.25) is 0 Å². The van der Waals surface area contributed by atoms with E-state index in [1.807, 2.05) is 0 Å². The van der Waals surface area contributed by atoms with Gasteiger partial charge in [-0.2, -0.15) is 0 Å². The second-order valence-electron chi connectivity index (χ2n) is 6.94. The van der Waals surface area contributed by atoms with Crippen LogP contribution in [0.5, 0.6) is 0 Å². The number of nitrogens with one attached hydrogen (secondary N) is 1. The van der Waals surface area contributed by atoms with Gasteiger partial charge in [0.05, 0.1) is 5.54 Å². The first-order valence-corrected chi connectivity index (χ1v) is 7.44. The maximum atomic E-state index is 3.77. The monoisotopic (exact) mass is 260 g/mol. The molecule has 0 saturated carbocycles. The first kappa shape index (κ1) is 14.5. The van der Waals surface area contributed by atoms with Gasteiger partial charge in [-0.25, -0.2) is 0 Å². The Morgan fingerprint density at radius 3 is 2.42 bits per heavy atom. The fourth-order valence-electron chi connectivity index (χ4n) is 3.13. The lowest BCUT2D eigenvalue weighted by Gasteiger charge is -2.52. The highest BCUT2D eigenvalue weighted by atomic mass is 15.3. The molecule has 0 spiro atoms. The molecule has 0 aliphatic carbocycles. The SMILES string of the molecule is CCC1CNC(C)(c2ccccc2)CN1C(C)(C)C. The van der Waals surface area contributed by atoms with E-state index >= 15 is 0 Å². The minimum Gasteiger partial charge on any atom is -0.305 e. The van der Waals surface area contributed by atoms with Gasteiger partial charge in [0.15, 0.2) is 0 Å². The molecule has 2 rings (SSSR count). The summed E-state index contributed by atoms with van der Waals surface area (Å²) in [5.74, 6) is 0. The van der Waals surface area contributed by atoms with Gasteiger partial charge in [-0.3, -0.25) is 4.90 Å². The average molecular weight is 260 g/mol. The number of rotatable bonds is 2. The molecule has 2 nitrogen and oxygen atoms in total. The highest BCUT2D eigenvalue weighted by molar-refractivity contribution is 5.25. The third kappa shape index (κ3) is 3.01. The maximum absolute atomic E-state index is 3.77. The van der Waals surface area contributed by atoms with Crippen molar-refractivity contribution >= 4 is 0 Å². The van der Waals surface area contributed by atoms with Crippen LogP contribution in [0.15, 0.2) is 30.3 Å². The molecule has 1 aliphatic heterocycles. The number of hydrogen-bond acceptors (Lipinski definition) is 2. The molecule has 19 heavy (non-hydrogen) atoms. The van der Waals surface area contributed by atoms with Crippen LogP contribution in [0.3, 0.4) is 0 Å². The highest BCUT2D eigenvalue weighted by Gasteiger charge is 2.40. The first-order valence-electron chi connectivity index (χ1n) is 7.44. The Hall–Kier alpha value is -0.860. The second-order valence-corrected chi connectivity index (χ2v) is 6.94. The summed E-state index contributed by atoms with van der Waals surface area (Å²) >= 11 is 0. The van der Waals surface area contributed by atoms with E-state index in [9.17, 15) is 0 Å². The van der Waals surface area contributed by atoms with Gasteiger partial charge >= 0.3 is 0 Å². The van der Waals surface area contributed by atoms with Crippen molar-refractivity contribution in [3.8, 4) is 0 Å². The van der Waals surface area contributed by atoms with Crippen LogP contribution < -0.4 is 5.32 Å². The predicted molar refractivity (Wildman–Crippen MR) is 82.3 cm³/mol. The van der Waals surface area contributed by atoms with Crippen molar-refractivity contribution in [2.24, 2.45) is 0 Å². The van der Waals surface area contributed by atoms with Crippen LogP contribution in [0.25, 0.3) is 0 Å². The van der Waals surface area contributed by atoms with Crippen LogP contribution in [0, 0.1) is 0 Å². The van der Waals surface area contributed by atoms with Crippen molar-refractivity contribution in [1.82, 2.24) is 10.2 Å². The molecule has 1 fully saturated rings. The lowest BCUT2D eigenvalue weighted by atomic mass is 9.85. The molecule has 1 aliphatic rings. The van der Waals surface area contributed by atoms with Gasteiger partial charge < -0.3 is 5.32 Å². The maximum Gasteiger partial charge on any atom is 0.0535 e. The summed E-state index contributed by atoms with van der Waals surface area (Å²) < 4.78 is 0. The standard InChI is InChI=1S/C17H28N2/c1-6-15-12-18-17(5,13-19(15)16(2,3)4)14-10-8-7-9-11-14/h7-11,15,18H,6,12-13H2,1-5H3. The minimum absolute atomic E-state index is 0.0558. The lowest BCUT2D eigenvalue weighted by Crippen LogP contribution is -2.65. The van der Waals surface area contributed by atoms with E-state index in [-0.39, 0.29) is 11.1 Å². The molecule has 0 aromatic heterocycles. The predicted octanol–water partition coefficient (Wildman–Crippen LogP) is 3.38.